The minimum absolute atomic E-state index is 0.00241. The summed E-state index contributed by atoms with van der Waals surface area (Å²) in [5.74, 6) is 0.838. The molecule has 2 saturated carbocycles. The Morgan fingerprint density at radius 2 is 1.88 bits per heavy atom. The number of carbonyl (C=O) groups is 1. The lowest BCUT2D eigenvalue weighted by atomic mass is 9.53. The van der Waals surface area contributed by atoms with Crippen LogP contribution in [-0.4, -0.2) is 72.8 Å². The molecular weight excluding hydrogens is 412 g/mol. The van der Waals surface area contributed by atoms with Crippen LogP contribution in [0.2, 0.25) is 0 Å². The highest BCUT2D eigenvalue weighted by Gasteiger charge is 2.78. The van der Waals surface area contributed by atoms with E-state index in [-0.39, 0.29) is 41.0 Å². The number of esters is 1. The van der Waals surface area contributed by atoms with Gasteiger partial charge < -0.3 is 9.47 Å². The molecule has 7 atom stereocenters. The first-order chi connectivity index (χ1) is 16.0. The average Bonchev–Trinajstić information content (AvgIpc) is 3.50. The molecule has 0 N–H and O–H groups in total. The molecular formula is C28H38N2O3. The van der Waals surface area contributed by atoms with E-state index in [1.165, 1.54) is 24.8 Å². The normalized spacial score (nSPS) is 43.1. The maximum atomic E-state index is 13.0. The van der Waals surface area contributed by atoms with Crippen molar-refractivity contribution in [3.63, 3.8) is 0 Å². The summed E-state index contributed by atoms with van der Waals surface area (Å²) >= 11 is 0. The van der Waals surface area contributed by atoms with Gasteiger partial charge >= 0.3 is 5.97 Å². The van der Waals surface area contributed by atoms with Gasteiger partial charge in [-0.3, -0.25) is 14.6 Å². The number of piperazine rings is 1. The smallest absolute Gasteiger partial charge is 0.311 e. The van der Waals surface area contributed by atoms with Crippen molar-refractivity contribution >= 4 is 12.0 Å². The number of benzene rings is 1. The fourth-order valence-electron chi connectivity index (χ4n) is 7.78. The van der Waals surface area contributed by atoms with Gasteiger partial charge in [0.05, 0.1) is 12.0 Å². The third kappa shape index (κ3) is 3.59. The van der Waals surface area contributed by atoms with Gasteiger partial charge in [-0.1, -0.05) is 62.8 Å². The highest BCUT2D eigenvalue weighted by Crippen LogP contribution is 2.70. The van der Waals surface area contributed by atoms with E-state index in [4.69, 9.17) is 9.47 Å². The van der Waals surface area contributed by atoms with Crippen LogP contribution in [0.3, 0.4) is 0 Å². The molecule has 1 spiro atoms. The average molecular weight is 451 g/mol. The highest BCUT2D eigenvalue weighted by atomic mass is 16.6. The highest BCUT2D eigenvalue weighted by molar-refractivity contribution is 5.76. The lowest BCUT2D eigenvalue weighted by Crippen LogP contribution is -2.55. The second kappa shape index (κ2) is 8.21. The van der Waals surface area contributed by atoms with Crippen LogP contribution in [0, 0.1) is 23.2 Å². The molecule has 178 valence electrons. The lowest BCUT2D eigenvalue weighted by molar-refractivity contribution is -0.146. The van der Waals surface area contributed by atoms with Gasteiger partial charge in [0.25, 0.3) is 0 Å². The van der Waals surface area contributed by atoms with Crippen molar-refractivity contribution in [1.82, 2.24) is 9.80 Å². The zero-order chi connectivity index (χ0) is 22.6. The first kappa shape index (κ1) is 21.8. The van der Waals surface area contributed by atoms with E-state index < -0.39 is 0 Å². The Kier molecular flexibility index (Phi) is 5.43. The molecule has 3 heterocycles. The number of nitrogens with zero attached hydrogens (tertiary/aromatic N) is 2. The SMILES string of the molecule is C[C@@H]1CCC[C@@]2(C)C[C@H]3OC(=O)[C@H](CN4CCN(CC=Cc5ccccc5)CC4)[C@@H]3[C@@H]3O[C@]132. The maximum Gasteiger partial charge on any atom is 0.311 e. The summed E-state index contributed by atoms with van der Waals surface area (Å²) in [5.41, 5.74) is 1.42. The summed E-state index contributed by atoms with van der Waals surface area (Å²) in [4.78, 5) is 18.0. The number of hydrogen-bond donors (Lipinski definition) is 0. The van der Waals surface area contributed by atoms with Gasteiger partial charge in [0.2, 0.25) is 0 Å². The van der Waals surface area contributed by atoms with Gasteiger partial charge in [-0.25, -0.2) is 0 Å². The van der Waals surface area contributed by atoms with Crippen LogP contribution >= 0.6 is 0 Å². The van der Waals surface area contributed by atoms with Gasteiger partial charge in [-0.05, 0) is 30.7 Å². The zero-order valence-electron chi connectivity index (χ0n) is 20.1. The molecule has 5 nitrogen and oxygen atoms in total. The van der Waals surface area contributed by atoms with Crippen molar-refractivity contribution in [3.8, 4) is 0 Å². The molecule has 3 aliphatic heterocycles. The number of fused-ring (bicyclic) bond motifs is 2. The van der Waals surface area contributed by atoms with Crippen molar-refractivity contribution in [2.24, 2.45) is 23.2 Å². The molecule has 1 aromatic carbocycles. The number of epoxide rings is 1. The fourth-order valence-corrected chi connectivity index (χ4v) is 7.78. The molecule has 1 aromatic rings. The van der Waals surface area contributed by atoms with Crippen LogP contribution in [-0.2, 0) is 14.3 Å². The van der Waals surface area contributed by atoms with E-state index in [2.05, 4.69) is 66.1 Å². The third-order valence-electron chi connectivity index (χ3n) is 9.59. The number of carbonyl (C=O) groups excluding carboxylic acids is 1. The summed E-state index contributed by atoms with van der Waals surface area (Å²) in [5, 5.41) is 0. The molecule has 0 aromatic heterocycles. The minimum Gasteiger partial charge on any atom is -0.462 e. The molecule has 0 radical (unpaired) electrons. The van der Waals surface area contributed by atoms with Crippen LogP contribution in [0.25, 0.3) is 6.08 Å². The van der Waals surface area contributed by atoms with Crippen molar-refractivity contribution in [3.05, 3.63) is 42.0 Å². The molecule has 33 heavy (non-hydrogen) atoms. The van der Waals surface area contributed by atoms with E-state index in [0.29, 0.717) is 5.92 Å². The maximum absolute atomic E-state index is 13.0. The van der Waals surface area contributed by atoms with Crippen LogP contribution < -0.4 is 0 Å². The summed E-state index contributed by atoms with van der Waals surface area (Å²) in [6.07, 6.45) is 9.47. The monoisotopic (exact) mass is 450 g/mol. The topological polar surface area (TPSA) is 45.3 Å². The van der Waals surface area contributed by atoms with Crippen molar-refractivity contribution in [2.45, 2.75) is 57.3 Å². The summed E-state index contributed by atoms with van der Waals surface area (Å²) < 4.78 is 12.6. The molecule has 2 aliphatic carbocycles. The van der Waals surface area contributed by atoms with Gasteiger partial charge in [0.15, 0.2) is 0 Å². The predicted octanol–water partition coefficient (Wildman–Crippen LogP) is 3.84. The summed E-state index contributed by atoms with van der Waals surface area (Å²) in [6, 6.07) is 10.5. The Balaban J connectivity index is 1.06. The quantitative estimate of drug-likeness (QED) is 0.504. The van der Waals surface area contributed by atoms with Gasteiger partial charge in [-0.15, -0.1) is 0 Å². The largest absolute Gasteiger partial charge is 0.462 e. The van der Waals surface area contributed by atoms with Gasteiger partial charge in [-0.2, -0.15) is 0 Å². The van der Waals surface area contributed by atoms with E-state index in [1.807, 2.05) is 0 Å². The van der Waals surface area contributed by atoms with Gasteiger partial charge in [0.1, 0.15) is 11.7 Å². The van der Waals surface area contributed by atoms with Crippen LogP contribution in [0.1, 0.15) is 45.1 Å². The minimum atomic E-state index is -0.0254. The third-order valence-corrected chi connectivity index (χ3v) is 9.59. The Morgan fingerprint density at radius 3 is 2.67 bits per heavy atom. The Labute approximate surface area is 198 Å². The molecule has 5 heteroatoms. The number of hydrogen-bond acceptors (Lipinski definition) is 5. The molecule has 0 bridgehead atoms. The predicted molar refractivity (Wildman–Crippen MR) is 129 cm³/mol. The van der Waals surface area contributed by atoms with E-state index >= 15 is 0 Å². The second-order valence-corrected chi connectivity index (χ2v) is 11.5. The first-order valence-corrected chi connectivity index (χ1v) is 13.0. The Morgan fingerprint density at radius 1 is 1.12 bits per heavy atom. The van der Waals surface area contributed by atoms with Crippen molar-refractivity contribution in [1.29, 1.82) is 0 Å². The van der Waals surface area contributed by atoms with E-state index in [1.54, 1.807) is 0 Å². The van der Waals surface area contributed by atoms with Crippen LogP contribution in [0.5, 0.6) is 0 Å². The summed E-state index contributed by atoms with van der Waals surface area (Å²) in [6.45, 7) is 10.7. The van der Waals surface area contributed by atoms with Crippen LogP contribution in [0.4, 0.5) is 0 Å². The number of rotatable bonds is 5. The molecule has 6 rings (SSSR count). The van der Waals surface area contributed by atoms with Crippen molar-refractivity contribution < 1.29 is 14.3 Å². The second-order valence-electron chi connectivity index (χ2n) is 11.5. The standard InChI is InChI=1S/C28H38N2O3/c1-20-8-6-12-27(2)18-23-24(25-28(20,27)33-25)22(26(31)32-23)19-30-16-14-29(15-17-30)13-7-11-21-9-4-3-5-10-21/h3-5,7,9-11,20,22-25H,6,8,12-19H2,1-2H3/t20-,22-,23-,24+,25+,27+,28-/m1/s1. The molecule has 0 unspecified atom stereocenters. The van der Waals surface area contributed by atoms with E-state index in [0.717, 1.165) is 45.7 Å². The summed E-state index contributed by atoms with van der Waals surface area (Å²) in [7, 11) is 0. The first-order valence-electron chi connectivity index (χ1n) is 13.0. The fraction of sp³-hybridized carbons (Fsp3) is 0.679. The zero-order valence-corrected chi connectivity index (χ0v) is 20.1. The lowest BCUT2D eigenvalue weighted by Gasteiger charge is -2.49. The van der Waals surface area contributed by atoms with E-state index in [9.17, 15) is 4.79 Å². The van der Waals surface area contributed by atoms with Crippen molar-refractivity contribution in [2.75, 3.05) is 39.3 Å². The Bertz CT molecular complexity index is 911. The molecule has 0 amide bonds. The van der Waals surface area contributed by atoms with Crippen LogP contribution in [0.15, 0.2) is 36.4 Å². The number of ether oxygens (including phenoxy) is 2. The Hall–Kier alpha value is -1.69. The van der Waals surface area contributed by atoms with Gasteiger partial charge in [0, 0.05) is 50.6 Å². The molecule has 3 saturated heterocycles. The molecule has 5 fully saturated rings. The molecule has 5 aliphatic rings.